The second-order valence-corrected chi connectivity index (χ2v) is 25.2. The smallest absolute Gasteiger partial charge is 0.400 e. The summed E-state index contributed by atoms with van der Waals surface area (Å²) < 4.78 is 68.2. The Balaban J connectivity index is 0.000000164. The molecule has 0 amide bonds. The van der Waals surface area contributed by atoms with Crippen molar-refractivity contribution >= 4 is 93.4 Å². The monoisotopic (exact) mass is 1110 g/mol. The molecule has 18 heteroatoms. The number of benzene rings is 2. The Morgan fingerprint density at radius 2 is 1.11 bits per heavy atom. The highest BCUT2D eigenvalue weighted by molar-refractivity contribution is 9.10. The van der Waals surface area contributed by atoms with Crippen LogP contribution in [0.15, 0.2) is 140 Å². The molecular weight excluding hydrogens is 1050 g/mol. The van der Waals surface area contributed by atoms with E-state index in [4.69, 9.17) is 9.31 Å². The molecule has 12 nitrogen and oxygen atoms in total. The summed E-state index contributed by atoms with van der Waals surface area (Å²) in [5.74, 6) is 0. The third-order valence-corrected chi connectivity index (χ3v) is 18.4. The number of fused-ring (bicyclic) bond motifs is 2. The zero-order valence-electron chi connectivity index (χ0n) is 39.9. The quantitative estimate of drug-likeness (QED) is 0.135. The fourth-order valence-electron chi connectivity index (χ4n) is 8.64. The van der Waals surface area contributed by atoms with Gasteiger partial charge in [-0.05, 0) is 162 Å². The molecule has 7 heterocycles. The second kappa shape index (κ2) is 22.2. The summed E-state index contributed by atoms with van der Waals surface area (Å²) in [5.41, 5.74) is 7.17. The lowest BCUT2D eigenvalue weighted by Crippen LogP contribution is -2.41. The summed E-state index contributed by atoms with van der Waals surface area (Å²) in [4.78, 5) is 18.5. The number of halogens is 1. The molecule has 378 valence electrons. The predicted octanol–water partition coefficient (Wildman–Crippen LogP) is 14.5. The van der Waals surface area contributed by atoms with E-state index in [1.807, 2.05) is 30.7 Å². The SMILES string of the molecule is C.C.CC1(C)OB(C2=CCCCC2)OC1(C)C.Cc1nc(-c2cn(S(=O)(=O)c3ccccc3)c3ncc(Br)cc23)cs1.Cc1nc(-c2cn(S(=O)(=O)c3ccccc3)c3ncc(C4=CCCCC4)cc23)cs1. The molecule has 3 aliphatic rings. The van der Waals surface area contributed by atoms with Crippen LogP contribution in [0.4, 0.5) is 0 Å². The Bertz CT molecular complexity index is 3480. The number of hydrogen-bond acceptors (Lipinski definition) is 12. The number of aromatic nitrogens is 6. The molecule has 6 aromatic heterocycles. The molecule has 0 saturated carbocycles. The Hall–Kier alpha value is -5.08. The van der Waals surface area contributed by atoms with E-state index in [9.17, 15) is 16.8 Å². The highest BCUT2D eigenvalue weighted by Crippen LogP contribution is 2.41. The Morgan fingerprint density at radius 1 is 0.639 bits per heavy atom. The standard InChI is InChI=1S/C23H21N3O2S2.C17H12BrN3O2S2.C12H21BO2.2CH4/c1-16-25-22(15-29-16)21-14-26(30(27,28)19-10-6-3-7-11-19)23-20(21)12-18(13-24-23)17-8-4-2-5-9-17;1-11-20-16(10-24-11)15-9-21(17-14(15)7-12(18)8-19-17)25(22,23)13-5-3-2-4-6-13;1-11(2)12(3,4)15-13(14-11)10-8-6-5-7-9-10;;/h3,6-8,10-15H,2,4-5,9H2,1H3;2-10H,1H3;8H,5-7,9H2,1-4H3;2*1H4. The van der Waals surface area contributed by atoms with Crippen molar-refractivity contribution in [2.24, 2.45) is 0 Å². The van der Waals surface area contributed by atoms with Gasteiger partial charge in [0.25, 0.3) is 20.0 Å². The van der Waals surface area contributed by atoms with Gasteiger partial charge < -0.3 is 9.31 Å². The number of rotatable bonds is 8. The summed E-state index contributed by atoms with van der Waals surface area (Å²) in [6, 6.07) is 20.7. The van der Waals surface area contributed by atoms with E-state index < -0.39 is 20.0 Å². The Morgan fingerprint density at radius 3 is 1.56 bits per heavy atom. The van der Waals surface area contributed by atoms with E-state index >= 15 is 0 Å². The largest absolute Gasteiger partial charge is 0.490 e. The van der Waals surface area contributed by atoms with E-state index in [2.05, 4.69) is 81.8 Å². The van der Waals surface area contributed by atoms with Crippen LogP contribution >= 0.6 is 38.6 Å². The van der Waals surface area contributed by atoms with Gasteiger partial charge in [-0.15, -0.1) is 22.7 Å². The average Bonchev–Trinajstić information content (AvgIpc) is 4.20. The molecular formula is C54H62BBrN6O6S4. The van der Waals surface area contributed by atoms with Crippen molar-refractivity contribution in [3.05, 3.63) is 146 Å². The topological polar surface area (TPSA) is 148 Å². The third kappa shape index (κ3) is 11.2. The molecule has 0 N–H and O–H groups in total. The van der Waals surface area contributed by atoms with Gasteiger partial charge in [-0.1, -0.05) is 63.4 Å². The van der Waals surface area contributed by atoms with Crippen molar-refractivity contribution in [3.8, 4) is 22.5 Å². The fraction of sp³-hybridized carbons (Fsp3) is 0.333. The minimum absolute atomic E-state index is 0. The molecule has 1 saturated heterocycles. The minimum atomic E-state index is -3.77. The first-order valence-electron chi connectivity index (χ1n) is 23.3. The normalized spacial score (nSPS) is 16.3. The summed E-state index contributed by atoms with van der Waals surface area (Å²) in [6.45, 7) is 12.3. The molecule has 2 aromatic carbocycles. The van der Waals surface area contributed by atoms with Gasteiger partial charge in [0.05, 0.1) is 42.4 Å². The molecule has 2 aliphatic carbocycles. The van der Waals surface area contributed by atoms with Gasteiger partial charge in [-0.3, -0.25) is 0 Å². The highest BCUT2D eigenvalue weighted by atomic mass is 79.9. The van der Waals surface area contributed by atoms with Crippen LogP contribution in [0.25, 0.3) is 50.2 Å². The number of hydrogen-bond donors (Lipinski definition) is 0. The maximum absolute atomic E-state index is 13.4. The molecule has 8 aromatic rings. The summed E-state index contributed by atoms with van der Waals surface area (Å²) >= 11 is 6.48. The molecule has 0 bridgehead atoms. The maximum Gasteiger partial charge on any atom is 0.490 e. The number of allylic oxidation sites excluding steroid dienone is 4. The molecule has 0 spiro atoms. The van der Waals surface area contributed by atoms with Gasteiger partial charge in [0.15, 0.2) is 11.3 Å². The van der Waals surface area contributed by atoms with Crippen LogP contribution in [-0.4, -0.2) is 63.0 Å². The number of aryl methyl sites for hydroxylation is 2. The summed E-state index contributed by atoms with van der Waals surface area (Å²) in [6.07, 6.45) is 20.6. The van der Waals surface area contributed by atoms with Crippen molar-refractivity contribution in [1.29, 1.82) is 0 Å². The zero-order chi connectivity index (χ0) is 49.4. The molecule has 0 unspecified atom stereocenters. The molecule has 1 aliphatic heterocycles. The van der Waals surface area contributed by atoms with E-state index in [1.165, 1.54) is 62.4 Å². The van der Waals surface area contributed by atoms with Crippen LogP contribution in [0.1, 0.15) is 109 Å². The average molecular weight is 1110 g/mol. The van der Waals surface area contributed by atoms with Crippen molar-refractivity contribution in [1.82, 2.24) is 27.9 Å². The lowest BCUT2D eigenvalue weighted by atomic mass is 9.73. The summed E-state index contributed by atoms with van der Waals surface area (Å²) in [5, 5.41) is 7.30. The first kappa shape index (κ1) is 54.7. The van der Waals surface area contributed by atoms with Crippen molar-refractivity contribution in [3.63, 3.8) is 0 Å². The van der Waals surface area contributed by atoms with Crippen LogP contribution in [-0.2, 0) is 29.4 Å². The lowest BCUT2D eigenvalue weighted by molar-refractivity contribution is 0.00578. The molecule has 72 heavy (non-hydrogen) atoms. The van der Waals surface area contributed by atoms with Gasteiger partial charge in [0.2, 0.25) is 0 Å². The van der Waals surface area contributed by atoms with Crippen molar-refractivity contribution in [2.75, 3.05) is 0 Å². The fourth-order valence-corrected chi connectivity index (χ4v) is 12.9. The van der Waals surface area contributed by atoms with Crippen LogP contribution in [0.3, 0.4) is 0 Å². The summed E-state index contributed by atoms with van der Waals surface area (Å²) in [7, 11) is -7.61. The van der Waals surface area contributed by atoms with Crippen LogP contribution < -0.4 is 0 Å². The molecule has 0 atom stereocenters. The third-order valence-electron chi connectivity index (χ3n) is 13.1. The molecule has 1 fully saturated rings. The number of nitrogens with zero attached hydrogens (tertiary/aromatic N) is 6. The van der Waals surface area contributed by atoms with Crippen LogP contribution in [0, 0.1) is 13.8 Å². The van der Waals surface area contributed by atoms with Gasteiger partial charge in [-0.2, -0.15) is 0 Å². The highest BCUT2D eigenvalue weighted by Gasteiger charge is 2.52. The van der Waals surface area contributed by atoms with Gasteiger partial charge in [0.1, 0.15) is 0 Å². The van der Waals surface area contributed by atoms with Crippen molar-refractivity contribution in [2.45, 2.75) is 129 Å². The number of thiazole rings is 2. The van der Waals surface area contributed by atoms with Gasteiger partial charge in [-0.25, -0.2) is 44.7 Å². The van der Waals surface area contributed by atoms with E-state index in [0.717, 1.165) is 72.6 Å². The molecule has 0 radical (unpaired) electrons. The maximum atomic E-state index is 13.4. The first-order chi connectivity index (χ1) is 33.4. The van der Waals surface area contributed by atoms with Crippen LogP contribution in [0.2, 0.25) is 0 Å². The minimum Gasteiger partial charge on any atom is -0.400 e. The van der Waals surface area contributed by atoms with Gasteiger partial charge >= 0.3 is 7.12 Å². The van der Waals surface area contributed by atoms with Gasteiger partial charge in [0, 0.05) is 61.9 Å². The second-order valence-electron chi connectivity index (χ2n) is 18.5. The zero-order valence-corrected chi connectivity index (χ0v) is 44.8. The first-order valence-corrected chi connectivity index (χ1v) is 28.7. The van der Waals surface area contributed by atoms with E-state index in [1.54, 1.807) is 96.8 Å². The lowest BCUT2D eigenvalue weighted by Gasteiger charge is -2.32. The van der Waals surface area contributed by atoms with Crippen LogP contribution in [0.5, 0.6) is 0 Å². The molecule has 11 rings (SSSR count). The van der Waals surface area contributed by atoms with E-state index in [0.29, 0.717) is 11.3 Å². The Labute approximate surface area is 441 Å². The Kier molecular flexibility index (Phi) is 16.9. The number of pyridine rings is 2. The predicted molar refractivity (Wildman–Crippen MR) is 299 cm³/mol. The van der Waals surface area contributed by atoms with E-state index in [-0.39, 0.29) is 43.0 Å². The van der Waals surface area contributed by atoms with Crippen molar-refractivity contribution < 1.29 is 26.1 Å².